The fourth-order valence-corrected chi connectivity index (χ4v) is 3.52. The van der Waals surface area contributed by atoms with Crippen LogP contribution >= 0.6 is 0 Å². The smallest absolute Gasteiger partial charge is 0.325 e. The van der Waals surface area contributed by atoms with Crippen LogP contribution in [-0.2, 0) is 14.3 Å². The number of amides is 3. The van der Waals surface area contributed by atoms with Crippen LogP contribution in [0.3, 0.4) is 0 Å². The van der Waals surface area contributed by atoms with Crippen molar-refractivity contribution in [2.45, 2.75) is 25.9 Å². The summed E-state index contributed by atoms with van der Waals surface area (Å²) in [6.45, 7) is 2.62. The van der Waals surface area contributed by atoms with Crippen LogP contribution in [0.5, 0.6) is 0 Å². The molecule has 2 N–H and O–H groups in total. The second-order valence-corrected chi connectivity index (χ2v) is 7.61. The SMILES string of the molecule is CC(OC(=O)C1CCN(c2nc3ccccc3o2)CC1)C(=O)NC(=O)Nc1ccccc1. The molecule has 3 aromatic rings. The number of benzene rings is 2. The minimum absolute atomic E-state index is 0.330. The van der Waals surface area contributed by atoms with Crippen molar-refractivity contribution in [3.63, 3.8) is 0 Å². The first-order chi connectivity index (χ1) is 15.5. The van der Waals surface area contributed by atoms with Crippen LogP contribution < -0.4 is 15.5 Å². The zero-order valence-corrected chi connectivity index (χ0v) is 17.6. The lowest BCUT2D eigenvalue weighted by Gasteiger charge is -2.30. The first-order valence-electron chi connectivity index (χ1n) is 10.5. The molecule has 1 saturated heterocycles. The van der Waals surface area contributed by atoms with Gasteiger partial charge in [-0.15, -0.1) is 0 Å². The Bertz CT molecular complexity index is 1070. The summed E-state index contributed by atoms with van der Waals surface area (Å²) in [5, 5.41) is 4.73. The first-order valence-corrected chi connectivity index (χ1v) is 10.5. The van der Waals surface area contributed by atoms with E-state index in [-0.39, 0.29) is 5.92 Å². The zero-order valence-electron chi connectivity index (χ0n) is 17.6. The normalized spacial score (nSPS) is 15.2. The molecule has 1 aliphatic rings. The van der Waals surface area contributed by atoms with E-state index in [4.69, 9.17) is 9.15 Å². The number of fused-ring (bicyclic) bond motifs is 1. The van der Waals surface area contributed by atoms with Crippen molar-refractivity contribution in [1.29, 1.82) is 0 Å². The maximum Gasteiger partial charge on any atom is 0.325 e. The summed E-state index contributed by atoms with van der Waals surface area (Å²) in [4.78, 5) is 43.1. The Labute approximate surface area is 184 Å². The van der Waals surface area contributed by atoms with Crippen LogP contribution in [0.25, 0.3) is 11.1 Å². The van der Waals surface area contributed by atoms with Gasteiger partial charge in [0, 0.05) is 18.8 Å². The number of esters is 1. The number of hydrogen-bond acceptors (Lipinski definition) is 7. The van der Waals surface area contributed by atoms with Crippen molar-refractivity contribution in [2.24, 2.45) is 5.92 Å². The van der Waals surface area contributed by atoms with Crippen molar-refractivity contribution in [3.05, 3.63) is 54.6 Å². The van der Waals surface area contributed by atoms with Gasteiger partial charge in [0.15, 0.2) is 11.7 Å². The minimum atomic E-state index is -1.08. The van der Waals surface area contributed by atoms with E-state index in [1.54, 1.807) is 24.3 Å². The van der Waals surface area contributed by atoms with Gasteiger partial charge in [0.05, 0.1) is 5.92 Å². The van der Waals surface area contributed by atoms with Gasteiger partial charge in [0.1, 0.15) is 5.52 Å². The number of hydrogen-bond donors (Lipinski definition) is 2. The number of anilines is 2. The summed E-state index contributed by atoms with van der Waals surface area (Å²) in [6, 6.07) is 16.1. The Kier molecular flexibility index (Phi) is 6.34. The molecule has 0 spiro atoms. The number of oxazole rings is 1. The third-order valence-electron chi connectivity index (χ3n) is 5.31. The summed E-state index contributed by atoms with van der Waals surface area (Å²) in [6.07, 6.45) is 0.0277. The number of aromatic nitrogens is 1. The lowest BCUT2D eigenvalue weighted by Crippen LogP contribution is -2.43. The highest BCUT2D eigenvalue weighted by Crippen LogP contribution is 2.27. The fourth-order valence-electron chi connectivity index (χ4n) is 3.52. The van der Waals surface area contributed by atoms with Gasteiger partial charge < -0.3 is 19.4 Å². The predicted molar refractivity (Wildman–Crippen MR) is 118 cm³/mol. The Morgan fingerprint density at radius 2 is 1.75 bits per heavy atom. The number of carbonyl (C=O) groups excluding carboxylic acids is 3. The molecule has 32 heavy (non-hydrogen) atoms. The van der Waals surface area contributed by atoms with Gasteiger partial charge in [0.2, 0.25) is 0 Å². The molecule has 1 fully saturated rings. The molecular formula is C23H24N4O5. The highest BCUT2D eigenvalue weighted by Gasteiger charge is 2.30. The number of carbonyl (C=O) groups is 3. The Hall–Kier alpha value is -3.88. The fraction of sp³-hybridized carbons (Fsp3) is 0.304. The van der Waals surface area contributed by atoms with Crippen LogP contribution in [0.4, 0.5) is 16.5 Å². The molecule has 9 nitrogen and oxygen atoms in total. The number of urea groups is 1. The predicted octanol–water partition coefficient (Wildman–Crippen LogP) is 3.32. The molecule has 1 aromatic heterocycles. The molecule has 1 atom stereocenters. The third kappa shape index (κ3) is 5.05. The van der Waals surface area contributed by atoms with Crippen LogP contribution in [0.2, 0.25) is 0 Å². The van der Waals surface area contributed by atoms with E-state index < -0.39 is 24.0 Å². The third-order valence-corrected chi connectivity index (χ3v) is 5.31. The van der Waals surface area contributed by atoms with Gasteiger partial charge >= 0.3 is 12.0 Å². The maximum atomic E-state index is 12.5. The number of para-hydroxylation sites is 3. The second kappa shape index (κ2) is 9.51. The van der Waals surface area contributed by atoms with E-state index in [9.17, 15) is 14.4 Å². The van der Waals surface area contributed by atoms with Gasteiger partial charge in [-0.2, -0.15) is 4.98 Å². The maximum absolute atomic E-state index is 12.5. The van der Waals surface area contributed by atoms with E-state index in [1.165, 1.54) is 6.92 Å². The Balaban J connectivity index is 1.24. The van der Waals surface area contributed by atoms with Crippen molar-refractivity contribution in [2.75, 3.05) is 23.3 Å². The van der Waals surface area contributed by atoms with Gasteiger partial charge in [0.25, 0.3) is 11.9 Å². The molecule has 0 aliphatic carbocycles. The van der Waals surface area contributed by atoms with E-state index in [0.717, 1.165) is 11.1 Å². The molecule has 2 aromatic carbocycles. The van der Waals surface area contributed by atoms with E-state index >= 15 is 0 Å². The number of nitrogens with one attached hydrogen (secondary N) is 2. The van der Waals surface area contributed by atoms with Gasteiger partial charge in [-0.3, -0.25) is 14.9 Å². The molecule has 4 rings (SSSR count). The molecule has 2 heterocycles. The van der Waals surface area contributed by atoms with Crippen LogP contribution in [0, 0.1) is 5.92 Å². The van der Waals surface area contributed by atoms with Gasteiger partial charge in [-0.1, -0.05) is 30.3 Å². The Morgan fingerprint density at radius 1 is 1.06 bits per heavy atom. The van der Waals surface area contributed by atoms with Crippen molar-refractivity contribution >= 4 is 40.7 Å². The summed E-state index contributed by atoms with van der Waals surface area (Å²) in [7, 11) is 0. The number of nitrogens with zero attached hydrogens (tertiary/aromatic N) is 2. The number of imide groups is 1. The minimum Gasteiger partial charge on any atom is -0.452 e. The van der Waals surface area contributed by atoms with E-state index in [1.807, 2.05) is 35.2 Å². The van der Waals surface area contributed by atoms with E-state index in [2.05, 4.69) is 15.6 Å². The quantitative estimate of drug-likeness (QED) is 0.590. The number of ether oxygens (including phenoxy) is 1. The lowest BCUT2D eigenvalue weighted by atomic mass is 9.97. The molecule has 9 heteroatoms. The summed E-state index contributed by atoms with van der Waals surface area (Å²) >= 11 is 0. The summed E-state index contributed by atoms with van der Waals surface area (Å²) < 4.78 is 11.1. The van der Waals surface area contributed by atoms with Crippen LogP contribution in [-0.4, -0.2) is 42.1 Å². The zero-order chi connectivity index (χ0) is 22.5. The highest BCUT2D eigenvalue weighted by molar-refractivity contribution is 6.02. The second-order valence-electron chi connectivity index (χ2n) is 7.61. The molecule has 1 unspecified atom stereocenters. The number of piperidine rings is 1. The summed E-state index contributed by atoms with van der Waals surface area (Å²) in [5.74, 6) is -1.46. The van der Waals surface area contributed by atoms with Crippen LogP contribution in [0.15, 0.2) is 59.0 Å². The molecule has 0 radical (unpaired) electrons. The Morgan fingerprint density at radius 3 is 2.47 bits per heavy atom. The van der Waals surface area contributed by atoms with Crippen LogP contribution in [0.1, 0.15) is 19.8 Å². The molecule has 166 valence electrons. The van der Waals surface area contributed by atoms with Crippen molar-refractivity contribution < 1.29 is 23.5 Å². The monoisotopic (exact) mass is 436 g/mol. The molecule has 0 bridgehead atoms. The molecule has 0 saturated carbocycles. The van der Waals surface area contributed by atoms with E-state index in [0.29, 0.717) is 37.6 Å². The largest absolute Gasteiger partial charge is 0.452 e. The lowest BCUT2D eigenvalue weighted by molar-refractivity contribution is -0.159. The van der Waals surface area contributed by atoms with Gasteiger partial charge in [-0.05, 0) is 44.0 Å². The number of rotatable bonds is 5. The molecule has 3 amide bonds. The van der Waals surface area contributed by atoms with Crippen molar-refractivity contribution in [3.8, 4) is 0 Å². The average Bonchev–Trinajstić information content (AvgIpc) is 3.24. The first kappa shape index (κ1) is 21.4. The standard InChI is InChI=1S/C23H24N4O5/c1-15(20(28)26-22(30)24-17-7-3-2-4-8-17)31-21(29)16-11-13-27(14-12-16)23-25-18-9-5-6-10-19(18)32-23/h2-10,15-16H,11-14H2,1H3,(H2,24,26,28,30). The van der Waals surface area contributed by atoms with Crippen molar-refractivity contribution in [1.82, 2.24) is 10.3 Å². The average molecular weight is 436 g/mol. The topological polar surface area (TPSA) is 114 Å². The highest BCUT2D eigenvalue weighted by atomic mass is 16.5. The van der Waals surface area contributed by atoms with Gasteiger partial charge in [-0.25, -0.2) is 4.79 Å². The molecular weight excluding hydrogens is 412 g/mol. The molecule has 1 aliphatic heterocycles. The summed E-state index contributed by atoms with van der Waals surface area (Å²) in [5.41, 5.74) is 2.06.